The second kappa shape index (κ2) is 9.65. The SMILES string of the molecule is CC(=O)N1CCN(C(=O)CC[C@@H](C)[C@H]2CC[C@H]3[C@@H]4CC[C@H]5C[C@@H](O)CC[C@]5(C)[C@H]4CC[C@]23C)CC1. The summed E-state index contributed by atoms with van der Waals surface area (Å²) in [6.07, 6.45) is 13.1. The predicted molar refractivity (Wildman–Crippen MR) is 138 cm³/mol. The van der Waals surface area contributed by atoms with Crippen LogP contribution in [-0.4, -0.2) is 59.0 Å². The van der Waals surface area contributed by atoms with Crippen molar-refractivity contribution < 1.29 is 14.7 Å². The number of aliphatic hydroxyl groups is 1. The zero-order chi connectivity index (χ0) is 25.0. The standard InChI is InChI=1S/C30H50N2O3/c1-20(5-10-28(35)32-17-15-31(16-18-32)21(2)33)25-8-9-26-24-7-6-22-19-23(34)11-13-29(22,3)27(24)12-14-30(25,26)4/h20,22-27,34H,5-19H2,1-4H3/t20-,22+,23+,24+,25-,26+,27+,29+,30-/m1/s1. The van der Waals surface area contributed by atoms with Crippen LogP contribution in [0.5, 0.6) is 0 Å². The molecule has 5 heteroatoms. The summed E-state index contributed by atoms with van der Waals surface area (Å²) in [5.74, 6) is 5.07. The van der Waals surface area contributed by atoms with Crippen molar-refractivity contribution in [2.45, 2.75) is 104 Å². The van der Waals surface area contributed by atoms with Gasteiger partial charge in [-0.2, -0.15) is 0 Å². The van der Waals surface area contributed by atoms with Crippen LogP contribution in [0.15, 0.2) is 0 Å². The molecule has 35 heavy (non-hydrogen) atoms. The fourth-order valence-corrected chi connectivity index (χ4v) is 10.2. The Morgan fingerprint density at radius 3 is 2.26 bits per heavy atom. The summed E-state index contributed by atoms with van der Waals surface area (Å²) in [5, 5.41) is 10.3. The topological polar surface area (TPSA) is 60.9 Å². The molecule has 198 valence electrons. The van der Waals surface area contributed by atoms with E-state index in [-0.39, 0.29) is 17.9 Å². The summed E-state index contributed by atoms with van der Waals surface area (Å²) in [7, 11) is 0. The van der Waals surface area contributed by atoms with Crippen molar-refractivity contribution in [3.8, 4) is 0 Å². The minimum Gasteiger partial charge on any atom is -0.393 e. The summed E-state index contributed by atoms with van der Waals surface area (Å²) in [6.45, 7) is 12.0. The smallest absolute Gasteiger partial charge is 0.222 e. The maximum Gasteiger partial charge on any atom is 0.222 e. The van der Waals surface area contributed by atoms with Crippen molar-refractivity contribution >= 4 is 11.8 Å². The number of carbonyl (C=O) groups excluding carboxylic acids is 2. The van der Waals surface area contributed by atoms with Crippen molar-refractivity contribution in [3.05, 3.63) is 0 Å². The van der Waals surface area contributed by atoms with Crippen LogP contribution in [0.25, 0.3) is 0 Å². The summed E-state index contributed by atoms with van der Waals surface area (Å²) in [4.78, 5) is 28.4. The van der Waals surface area contributed by atoms with E-state index in [1.165, 1.54) is 44.9 Å². The first-order chi connectivity index (χ1) is 16.6. The number of fused-ring (bicyclic) bond motifs is 5. The molecule has 4 saturated carbocycles. The molecule has 4 aliphatic carbocycles. The lowest BCUT2D eigenvalue weighted by molar-refractivity contribution is -0.139. The number of rotatable bonds is 4. The monoisotopic (exact) mass is 486 g/mol. The number of aliphatic hydroxyl groups excluding tert-OH is 1. The first-order valence-corrected chi connectivity index (χ1v) is 14.8. The van der Waals surface area contributed by atoms with E-state index in [4.69, 9.17) is 0 Å². The summed E-state index contributed by atoms with van der Waals surface area (Å²) >= 11 is 0. The van der Waals surface area contributed by atoms with Crippen molar-refractivity contribution in [1.82, 2.24) is 9.80 Å². The van der Waals surface area contributed by atoms with E-state index in [1.54, 1.807) is 6.92 Å². The van der Waals surface area contributed by atoms with Gasteiger partial charge < -0.3 is 14.9 Å². The fraction of sp³-hybridized carbons (Fsp3) is 0.933. The third-order valence-electron chi connectivity index (χ3n) is 12.3. The molecule has 0 aromatic carbocycles. The molecule has 1 saturated heterocycles. The van der Waals surface area contributed by atoms with Gasteiger partial charge in [-0.25, -0.2) is 0 Å². The first kappa shape index (κ1) is 25.5. The maximum atomic E-state index is 12.9. The highest BCUT2D eigenvalue weighted by atomic mass is 16.3. The van der Waals surface area contributed by atoms with Crippen LogP contribution in [0.2, 0.25) is 0 Å². The lowest BCUT2D eigenvalue weighted by Crippen LogP contribution is -2.54. The van der Waals surface area contributed by atoms with Crippen LogP contribution in [0.4, 0.5) is 0 Å². The Hall–Kier alpha value is -1.10. The molecular weight excluding hydrogens is 436 g/mol. The Labute approximate surface area is 213 Å². The zero-order valence-corrected chi connectivity index (χ0v) is 22.8. The van der Waals surface area contributed by atoms with E-state index in [1.807, 2.05) is 9.80 Å². The third kappa shape index (κ3) is 4.46. The molecule has 0 radical (unpaired) electrons. The van der Waals surface area contributed by atoms with Gasteiger partial charge in [0, 0.05) is 39.5 Å². The average molecular weight is 487 g/mol. The Morgan fingerprint density at radius 1 is 0.886 bits per heavy atom. The van der Waals surface area contributed by atoms with Crippen LogP contribution in [0.1, 0.15) is 98.3 Å². The van der Waals surface area contributed by atoms with Gasteiger partial charge in [0.05, 0.1) is 6.10 Å². The largest absolute Gasteiger partial charge is 0.393 e. The van der Waals surface area contributed by atoms with Gasteiger partial charge >= 0.3 is 0 Å². The average Bonchev–Trinajstić information content (AvgIpc) is 3.20. The molecule has 5 rings (SSSR count). The minimum absolute atomic E-state index is 0.0593. The molecule has 2 amide bonds. The molecule has 1 aliphatic heterocycles. The van der Waals surface area contributed by atoms with Crippen molar-refractivity contribution in [1.29, 1.82) is 0 Å². The highest BCUT2D eigenvalue weighted by Gasteiger charge is 2.60. The Bertz CT molecular complexity index is 807. The van der Waals surface area contributed by atoms with Crippen LogP contribution in [-0.2, 0) is 9.59 Å². The zero-order valence-electron chi connectivity index (χ0n) is 22.8. The molecule has 1 N–H and O–H groups in total. The van der Waals surface area contributed by atoms with Gasteiger partial charge in [-0.3, -0.25) is 9.59 Å². The second-order valence-corrected chi connectivity index (χ2v) is 13.7. The van der Waals surface area contributed by atoms with Gasteiger partial charge in [0.2, 0.25) is 11.8 Å². The Kier molecular flexibility index (Phi) is 7.04. The molecular formula is C30H50N2O3. The third-order valence-corrected chi connectivity index (χ3v) is 12.3. The summed E-state index contributed by atoms with van der Waals surface area (Å²) in [5.41, 5.74) is 0.889. The lowest BCUT2D eigenvalue weighted by atomic mass is 9.44. The molecule has 0 unspecified atom stereocenters. The van der Waals surface area contributed by atoms with Crippen LogP contribution < -0.4 is 0 Å². The minimum atomic E-state index is -0.0593. The number of hydrogen-bond acceptors (Lipinski definition) is 3. The molecule has 5 fully saturated rings. The Balaban J connectivity index is 1.18. The van der Waals surface area contributed by atoms with Crippen molar-refractivity contribution in [3.63, 3.8) is 0 Å². The van der Waals surface area contributed by atoms with E-state index in [2.05, 4.69) is 20.8 Å². The van der Waals surface area contributed by atoms with E-state index >= 15 is 0 Å². The number of amides is 2. The predicted octanol–water partition coefficient (Wildman–Crippen LogP) is 5.11. The van der Waals surface area contributed by atoms with E-state index in [0.29, 0.717) is 49.3 Å². The first-order valence-electron chi connectivity index (χ1n) is 14.8. The van der Waals surface area contributed by atoms with Gasteiger partial charge in [0.1, 0.15) is 0 Å². The summed E-state index contributed by atoms with van der Waals surface area (Å²) in [6, 6.07) is 0. The molecule has 0 aromatic heterocycles. The maximum absolute atomic E-state index is 12.9. The van der Waals surface area contributed by atoms with Crippen LogP contribution in [0, 0.1) is 46.3 Å². The molecule has 0 bridgehead atoms. The molecule has 0 spiro atoms. The number of nitrogens with zero attached hydrogens (tertiary/aromatic N) is 2. The van der Waals surface area contributed by atoms with Gasteiger partial charge in [-0.15, -0.1) is 0 Å². The van der Waals surface area contributed by atoms with Crippen molar-refractivity contribution in [2.75, 3.05) is 26.2 Å². The highest BCUT2D eigenvalue weighted by Crippen LogP contribution is 2.68. The number of carbonyl (C=O) groups is 2. The van der Waals surface area contributed by atoms with E-state index < -0.39 is 0 Å². The summed E-state index contributed by atoms with van der Waals surface area (Å²) < 4.78 is 0. The molecule has 5 aliphatic rings. The number of piperazine rings is 1. The van der Waals surface area contributed by atoms with Gasteiger partial charge in [-0.05, 0) is 111 Å². The molecule has 0 aromatic rings. The molecule has 1 heterocycles. The molecule has 5 nitrogen and oxygen atoms in total. The van der Waals surface area contributed by atoms with Crippen LogP contribution >= 0.6 is 0 Å². The van der Waals surface area contributed by atoms with E-state index in [0.717, 1.165) is 48.9 Å². The van der Waals surface area contributed by atoms with Crippen molar-refractivity contribution in [2.24, 2.45) is 46.3 Å². The van der Waals surface area contributed by atoms with E-state index in [9.17, 15) is 14.7 Å². The Morgan fingerprint density at radius 2 is 1.54 bits per heavy atom. The van der Waals surface area contributed by atoms with Crippen LogP contribution in [0.3, 0.4) is 0 Å². The highest BCUT2D eigenvalue weighted by molar-refractivity contribution is 5.77. The quantitative estimate of drug-likeness (QED) is 0.600. The van der Waals surface area contributed by atoms with Gasteiger partial charge in [0.15, 0.2) is 0 Å². The van der Waals surface area contributed by atoms with Gasteiger partial charge in [-0.1, -0.05) is 20.8 Å². The van der Waals surface area contributed by atoms with Gasteiger partial charge in [0.25, 0.3) is 0 Å². The lowest BCUT2D eigenvalue weighted by Gasteiger charge is -2.61. The molecule has 9 atom stereocenters. The second-order valence-electron chi connectivity index (χ2n) is 13.7. The number of hydrogen-bond donors (Lipinski definition) is 1. The fourth-order valence-electron chi connectivity index (χ4n) is 10.2. The normalized spacial score (nSPS) is 44.3.